The molecule has 0 spiro atoms. The summed E-state index contributed by atoms with van der Waals surface area (Å²) in [6.45, 7) is 0.103. The summed E-state index contributed by atoms with van der Waals surface area (Å²) in [6, 6.07) is 10.3. The Hall–Kier alpha value is -4.13. The Bertz CT molecular complexity index is 1800. The minimum absolute atomic E-state index is 0.0297. The molecular weight excluding hydrogens is 662 g/mol. The number of benzene rings is 2. The quantitative estimate of drug-likeness (QED) is 0.289. The molecular formula is C30H27Cl2FN6O6S. The number of hydrogen-bond donors (Lipinski definition) is 3. The van der Waals surface area contributed by atoms with Gasteiger partial charge in [0.1, 0.15) is 18.3 Å². The molecule has 2 amide bonds. The summed E-state index contributed by atoms with van der Waals surface area (Å²) in [4.78, 5) is 43.8. The van der Waals surface area contributed by atoms with Gasteiger partial charge in [-0.15, -0.1) is 0 Å². The fraction of sp³-hybridized carbons (Fsp3) is 0.300. The lowest BCUT2D eigenvalue weighted by Gasteiger charge is -2.38. The molecule has 5 rings (SSSR count). The first-order valence-electron chi connectivity index (χ1n) is 14.0. The molecule has 2 fully saturated rings. The molecule has 2 aromatic carbocycles. The topological polar surface area (TPSA) is 173 Å². The summed E-state index contributed by atoms with van der Waals surface area (Å²) in [5, 5.41) is 24.4. The van der Waals surface area contributed by atoms with Gasteiger partial charge < -0.3 is 15.7 Å². The van der Waals surface area contributed by atoms with Gasteiger partial charge >= 0.3 is 5.97 Å². The highest BCUT2D eigenvalue weighted by atomic mass is 35.5. The maximum absolute atomic E-state index is 13.7. The van der Waals surface area contributed by atoms with Crippen molar-refractivity contribution in [3.63, 3.8) is 0 Å². The number of carboxylic acids is 1. The number of aromatic nitrogens is 1. The van der Waals surface area contributed by atoms with Crippen LogP contribution >= 0.6 is 23.2 Å². The first kappa shape index (κ1) is 33.2. The van der Waals surface area contributed by atoms with Gasteiger partial charge in [-0.2, -0.15) is 9.57 Å². The average molecular weight is 690 g/mol. The predicted octanol–water partition coefficient (Wildman–Crippen LogP) is 3.11. The molecule has 0 bridgehead atoms. The van der Waals surface area contributed by atoms with E-state index in [1.54, 1.807) is 17.0 Å². The van der Waals surface area contributed by atoms with E-state index in [2.05, 4.69) is 15.6 Å². The van der Waals surface area contributed by atoms with E-state index in [0.717, 1.165) is 4.31 Å². The lowest BCUT2D eigenvalue weighted by molar-refractivity contribution is -0.142. The van der Waals surface area contributed by atoms with Crippen LogP contribution in [0.1, 0.15) is 27.9 Å². The van der Waals surface area contributed by atoms with E-state index in [9.17, 15) is 37.6 Å². The Balaban J connectivity index is 1.30. The number of amides is 2. The molecule has 0 saturated carbocycles. The molecule has 0 radical (unpaired) electrons. The number of carbonyl (C=O) groups is 3. The van der Waals surface area contributed by atoms with Crippen LogP contribution in [0, 0.1) is 11.3 Å². The summed E-state index contributed by atoms with van der Waals surface area (Å²) in [5.41, 5.74) is 1.02. The number of nitrogens with zero attached hydrogens (tertiary/aromatic N) is 4. The van der Waals surface area contributed by atoms with Gasteiger partial charge in [0.05, 0.1) is 32.1 Å². The molecule has 2 aliphatic heterocycles. The zero-order valence-corrected chi connectivity index (χ0v) is 26.3. The van der Waals surface area contributed by atoms with Crippen molar-refractivity contribution in [1.29, 1.82) is 5.26 Å². The minimum Gasteiger partial charge on any atom is -0.480 e. The van der Waals surface area contributed by atoms with Crippen LogP contribution in [0.25, 0.3) is 0 Å². The highest BCUT2D eigenvalue weighted by Gasteiger charge is 2.48. The van der Waals surface area contributed by atoms with Gasteiger partial charge in [-0.3, -0.25) is 19.5 Å². The predicted molar refractivity (Wildman–Crippen MR) is 166 cm³/mol. The maximum Gasteiger partial charge on any atom is 0.326 e. The van der Waals surface area contributed by atoms with E-state index < -0.39 is 52.1 Å². The van der Waals surface area contributed by atoms with Crippen LogP contribution < -0.4 is 10.6 Å². The number of likely N-dealkylation sites (tertiary alicyclic amines) is 1. The van der Waals surface area contributed by atoms with Gasteiger partial charge in [0.25, 0.3) is 5.91 Å². The van der Waals surface area contributed by atoms with Crippen LogP contribution in [0.3, 0.4) is 0 Å². The van der Waals surface area contributed by atoms with Gasteiger partial charge in [-0.1, -0.05) is 41.4 Å². The average Bonchev–Trinajstić information content (AvgIpc) is 3.46. The molecule has 3 heterocycles. The van der Waals surface area contributed by atoms with E-state index >= 15 is 0 Å². The fourth-order valence-electron chi connectivity index (χ4n) is 5.42. The number of pyridine rings is 1. The number of rotatable bonds is 10. The van der Waals surface area contributed by atoms with Crippen LogP contribution in [0.4, 0.5) is 10.1 Å². The number of aliphatic carboxylic acids is 1. The Kier molecular flexibility index (Phi) is 9.90. The second kappa shape index (κ2) is 13.7. The fourth-order valence-corrected chi connectivity index (χ4v) is 7.64. The van der Waals surface area contributed by atoms with Crippen LogP contribution in [0.2, 0.25) is 10.0 Å². The molecule has 3 atom stereocenters. The lowest BCUT2D eigenvalue weighted by atomic mass is 10.0. The standard InChI is InChI=1S/C30H27Cl2FN6O6S/c31-23-12-35-13-24(32)27(23)29(41)36-20-6-4-17(5-7-20)9-25(30(42)43)37-28(40)26-10-21(38-14-19(33)15-38)16-39(26)46(44,45)22-3-1-2-18(8-22)11-34/h1-8,12-13,19,21,25-26H,9-10,14-16H2,(H,36,41)(H,37,40)(H,42,43)/t21-,25+,26+/m1/s1. The van der Waals surface area contributed by atoms with Crippen molar-refractivity contribution in [2.75, 3.05) is 25.0 Å². The number of carboxylic acid groups (broad SMARTS) is 1. The zero-order chi connectivity index (χ0) is 33.2. The van der Waals surface area contributed by atoms with Gasteiger partial charge in [0, 0.05) is 50.2 Å². The number of halogens is 3. The summed E-state index contributed by atoms with van der Waals surface area (Å²) in [6.07, 6.45) is 1.39. The summed E-state index contributed by atoms with van der Waals surface area (Å²) < 4.78 is 42.0. The van der Waals surface area contributed by atoms with E-state index in [-0.39, 0.29) is 58.5 Å². The number of nitriles is 1. The number of anilines is 1. The van der Waals surface area contributed by atoms with Gasteiger partial charge in [0.15, 0.2) is 0 Å². The van der Waals surface area contributed by atoms with Crippen molar-refractivity contribution < 1.29 is 32.3 Å². The second-order valence-electron chi connectivity index (χ2n) is 10.9. The third-order valence-corrected chi connectivity index (χ3v) is 10.3. The first-order chi connectivity index (χ1) is 21.9. The Morgan fingerprint density at radius 2 is 1.76 bits per heavy atom. The summed E-state index contributed by atoms with van der Waals surface area (Å²) in [5.74, 6) is -2.74. The maximum atomic E-state index is 13.7. The van der Waals surface area contributed by atoms with Crippen LogP contribution in [-0.2, 0) is 26.0 Å². The van der Waals surface area contributed by atoms with Gasteiger partial charge in [0.2, 0.25) is 15.9 Å². The van der Waals surface area contributed by atoms with Crippen LogP contribution in [0.5, 0.6) is 0 Å². The van der Waals surface area contributed by atoms with Crippen molar-refractivity contribution >= 4 is 56.7 Å². The van der Waals surface area contributed by atoms with Crippen molar-refractivity contribution in [2.24, 2.45) is 0 Å². The molecule has 3 N–H and O–H groups in total. The monoisotopic (exact) mass is 688 g/mol. The normalized spacial score (nSPS) is 19.5. The Morgan fingerprint density at radius 3 is 2.37 bits per heavy atom. The highest BCUT2D eigenvalue weighted by molar-refractivity contribution is 7.89. The molecule has 12 nitrogen and oxygen atoms in total. The van der Waals surface area contributed by atoms with E-state index in [0.29, 0.717) is 11.3 Å². The second-order valence-corrected chi connectivity index (χ2v) is 13.6. The molecule has 2 aliphatic rings. The first-order valence-corrected chi connectivity index (χ1v) is 16.2. The van der Waals surface area contributed by atoms with Crippen molar-refractivity contribution in [1.82, 2.24) is 19.5 Å². The van der Waals surface area contributed by atoms with Crippen molar-refractivity contribution in [3.8, 4) is 6.07 Å². The highest BCUT2D eigenvalue weighted by Crippen LogP contribution is 2.32. The Labute approximate surface area is 273 Å². The van der Waals surface area contributed by atoms with Crippen molar-refractivity contribution in [3.05, 3.63) is 87.7 Å². The van der Waals surface area contributed by atoms with E-state index in [4.69, 9.17) is 23.2 Å². The van der Waals surface area contributed by atoms with E-state index in [1.165, 1.54) is 48.8 Å². The molecule has 16 heteroatoms. The Morgan fingerprint density at radius 1 is 1.09 bits per heavy atom. The van der Waals surface area contributed by atoms with Gasteiger partial charge in [-0.25, -0.2) is 17.6 Å². The molecule has 240 valence electrons. The molecule has 0 unspecified atom stereocenters. The molecule has 3 aromatic rings. The van der Waals surface area contributed by atoms with Gasteiger partial charge in [-0.05, 0) is 42.3 Å². The molecule has 0 aliphatic carbocycles. The summed E-state index contributed by atoms with van der Waals surface area (Å²) >= 11 is 12.1. The molecule has 46 heavy (non-hydrogen) atoms. The molecule has 2 saturated heterocycles. The number of nitrogens with one attached hydrogen (secondary N) is 2. The number of carbonyl (C=O) groups excluding carboxylic acids is 2. The number of alkyl halides is 1. The zero-order valence-electron chi connectivity index (χ0n) is 23.9. The van der Waals surface area contributed by atoms with Crippen LogP contribution in [-0.4, -0.2) is 89.4 Å². The lowest BCUT2D eigenvalue weighted by Crippen LogP contribution is -2.54. The molecule has 1 aromatic heterocycles. The number of hydrogen-bond acceptors (Lipinski definition) is 8. The third-order valence-electron chi connectivity index (χ3n) is 7.83. The third kappa shape index (κ3) is 7.14. The minimum atomic E-state index is -4.29. The summed E-state index contributed by atoms with van der Waals surface area (Å²) in [7, 11) is -4.29. The number of sulfonamides is 1. The van der Waals surface area contributed by atoms with Crippen LogP contribution in [0.15, 0.2) is 65.8 Å². The smallest absolute Gasteiger partial charge is 0.326 e. The van der Waals surface area contributed by atoms with E-state index in [1.807, 2.05) is 6.07 Å². The largest absolute Gasteiger partial charge is 0.480 e. The SMILES string of the molecule is N#Cc1cccc(S(=O)(=O)N2C[C@H](N3CC(F)C3)C[C@H]2C(=O)N[C@@H](Cc2ccc(NC(=O)c3c(Cl)cncc3Cl)cc2)C(=O)O)c1. The van der Waals surface area contributed by atoms with Crippen molar-refractivity contribution in [2.45, 2.75) is 42.0 Å².